The largest absolute Gasteiger partial charge is 0.354 e. The van der Waals surface area contributed by atoms with Crippen molar-refractivity contribution in [2.45, 2.75) is 12.5 Å². The summed E-state index contributed by atoms with van der Waals surface area (Å²) in [6.45, 7) is 0. The predicted octanol–water partition coefficient (Wildman–Crippen LogP) is 0.630. The third-order valence-corrected chi connectivity index (χ3v) is 5.25. The molecule has 1 aliphatic rings. The summed E-state index contributed by atoms with van der Waals surface area (Å²) in [5.41, 5.74) is 1.14. The summed E-state index contributed by atoms with van der Waals surface area (Å²) in [6.07, 6.45) is 2.11. The molecule has 7 nitrogen and oxygen atoms in total. The molecule has 2 aromatic heterocycles. The van der Waals surface area contributed by atoms with Crippen molar-refractivity contribution < 1.29 is 8.42 Å². The number of nitrogens with one attached hydrogen (secondary N) is 1. The van der Waals surface area contributed by atoms with Crippen LogP contribution < -0.4 is 4.90 Å². The van der Waals surface area contributed by atoms with Gasteiger partial charge >= 0.3 is 0 Å². The number of hydrogen-bond acceptors (Lipinski definition) is 6. The van der Waals surface area contributed by atoms with Gasteiger partial charge in [0.05, 0.1) is 17.8 Å². The SMILES string of the molecule is CN(c1nc(Cl)nc2nc[nH]c12)C1CCS(=O)(=O)C1. The van der Waals surface area contributed by atoms with Gasteiger partial charge < -0.3 is 9.88 Å². The van der Waals surface area contributed by atoms with Gasteiger partial charge in [-0.1, -0.05) is 0 Å². The Balaban J connectivity index is 2.02. The molecule has 1 aliphatic heterocycles. The van der Waals surface area contributed by atoms with E-state index in [9.17, 15) is 8.42 Å². The van der Waals surface area contributed by atoms with E-state index in [1.165, 1.54) is 6.33 Å². The molecule has 1 N–H and O–H groups in total. The average Bonchev–Trinajstić information content (AvgIpc) is 2.93. The van der Waals surface area contributed by atoms with Crippen LogP contribution in [-0.2, 0) is 9.84 Å². The van der Waals surface area contributed by atoms with Gasteiger partial charge in [0.1, 0.15) is 5.52 Å². The number of sulfone groups is 1. The van der Waals surface area contributed by atoms with E-state index in [0.717, 1.165) is 0 Å². The highest BCUT2D eigenvalue weighted by molar-refractivity contribution is 7.91. The Hall–Kier alpha value is -1.41. The number of imidazole rings is 1. The molecule has 1 fully saturated rings. The Morgan fingerprint density at radius 3 is 2.95 bits per heavy atom. The summed E-state index contributed by atoms with van der Waals surface area (Å²) in [6, 6.07) is -0.0949. The highest BCUT2D eigenvalue weighted by Gasteiger charge is 2.32. The Morgan fingerprint density at radius 1 is 1.47 bits per heavy atom. The monoisotopic (exact) mass is 301 g/mol. The van der Waals surface area contributed by atoms with Crippen molar-refractivity contribution in [2.75, 3.05) is 23.5 Å². The Kier molecular flexibility index (Phi) is 2.86. The zero-order valence-electron chi connectivity index (χ0n) is 10.2. The van der Waals surface area contributed by atoms with Crippen LogP contribution in [0.4, 0.5) is 5.82 Å². The molecule has 0 aromatic carbocycles. The maximum Gasteiger partial charge on any atom is 0.226 e. The van der Waals surface area contributed by atoms with E-state index in [-0.39, 0.29) is 22.8 Å². The van der Waals surface area contributed by atoms with E-state index in [4.69, 9.17) is 11.6 Å². The van der Waals surface area contributed by atoms with Crippen molar-refractivity contribution in [1.29, 1.82) is 0 Å². The third kappa shape index (κ3) is 2.25. The summed E-state index contributed by atoms with van der Waals surface area (Å²) in [5.74, 6) is 0.933. The van der Waals surface area contributed by atoms with Crippen molar-refractivity contribution in [2.24, 2.45) is 0 Å². The quantitative estimate of drug-likeness (QED) is 0.818. The summed E-state index contributed by atoms with van der Waals surface area (Å²) in [5, 5.41) is 0.0994. The number of anilines is 1. The lowest BCUT2D eigenvalue weighted by Crippen LogP contribution is -2.33. The second kappa shape index (κ2) is 4.31. The first-order valence-corrected chi connectivity index (χ1v) is 7.96. The van der Waals surface area contributed by atoms with Gasteiger partial charge in [0.2, 0.25) is 5.28 Å². The van der Waals surface area contributed by atoms with E-state index in [1.54, 1.807) is 0 Å². The number of aromatic amines is 1. The normalized spacial score (nSPS) is 21.9. The molecule has 1 saturated heterocycles. The number of H-pyrrole nitrogens is 1. The van der Waals surface area contributed by atoms with Gasteiger partial charge in [0.15, 0.2) is 21.3 Å². The first-order chi connectivity index (χ1) is 8.96. The summed E-state index contributed by atoms with van der Waals surface area (Å²) < 4.78 is 23.1. The Labute approximate surface area is 114 Å². The summed E-state index contributed by atoms with van der Waals surface area (Å²) >= 11 is 5.87. The fourth-order valence-corrected chi connectivity index (χ4v) is 4.24. The molecule has 19 heavy (non-hydrogen) atoms. The fraction of sp³-hybridized carbons (Fsp3) is 0.500. The second-order valence-electron chi connectivity index (χ2n) is 4.59. The van der Waals surface area contributed by atoms with Gasteiger partial charge in [0.25, 0.3) is 0 Å². The molecule has 2 aromatic rings. The molecule has 0 bridgehead atoms. The zero-order chi connectivity index (χ0) is 13.6. The number of halogens is 1. The molecular formula is C10H12ClN5O2S. The smallest absolute Gasteiger partial charge is 0.226 e. The average molecular weight is 302 g/mol. The van der Waals surface area contributed by atoms with Gasteiger partial charge in [-0.2, -0.15) is 9.97 Å². The van der Waals surface area contributed by atoms with Crippen LogP contribution in [0.2, 0.25) is 5.28 Å². The van der Waals surface area contributed by atoms with Crippen LogP contribution in [0.5, 0.6) is 0 Å². The molecule has 3 heterocycles. The van der Waals surface area contributed by atoms with Crippen LogP contribution in [-0.4, -0.2) is 52.9 Å². The molecule has 0 spiro atoms. The standard InChI is InChI=1S/C10H12ClN5O2S/c1-16(6-2-3-19(17,18)4-6)9-7-8(13-5-12-7)14-10(11)15-9/h5-6H,2-4H2,1H3,(H,12,13,14,15). The minimum Gasteiger partial charge on any atom is -0.354 e. The number of nitrogens with zero attached hydrogens (tertiary/aromatic N) is 4. The van der Waals surface area contributed by atoms with E-state index in [0.29, 0.717) is 23.4 Å². The first-order valence-electron chi connectivity index (χ1n) is 5.76. The van der Waals surface area contributed by atoms with Crippen LogP contribution in [0.15, 0.2) is 6.33 Å². The van der Waals surface area contributed by atoms with E-state index in [1.807, 2.05) is 11.9 Å². The highest BCUT2D eigenvalue weighted by Crippen LogP contribution is 2.26. The molecule has 9 heteroatoms. The molecule has 0 radical (unpaired) electrons. The van der Waals surface area contributed by atoms with Crippen LogP contribution in [0.3, 0.4) is 0 Å². The number of fused-ring (bicyclic) bond motifs is 1. The minimum absolute atomic E-state index is 0.0949. The Bertz CT molecular complexity index is 729. The molecule has 0 saturated carbocycles. The van der Waals surface area contributed by atoms with Crippen molar-refractivity contribution in [3.05, 3.63) is 11.6 Å². The molecule has 0 aliphatic carbocycles. The molecule has 1 atom stereocenters. The van der Waals surface area contributed by atoms with E-state index < -0.39 is 9.84 Å². The van der Waals surface area contributed by atoms with Crippen LogP contribution >= 0.6 is 11.6 Å². The second-order valence-corrected chi connectivity index (χ2v) is 7.15. The predicted molar refractivity (Wildman–Crippen MR) is 72.2 cm³/mol. The van der Waals surface area contributed by atoms with Gasteiger partial charge in [-0.25, -0.2) is 13.4 Å². The highest BCUT2D eigenvalue weighted by atomic mass is 35.5. The third-order valence-electron chi connectivity index (χ3n) is 3.33. The van der Waals surface area contributed by atoms with Crippen molar-refractivity contribution in [3.63, 3.8) is 0 Å². The maximum absolute atomic E-state index is 11.6. The van der Waals surface area contributed by atoms with Gasteiger partial charge in [-0.15, -0.1) is 0 Å². The summed E-state index contributed by atoms with van der Waals surface area (Å²) in [7, 11) is -1.13. The number of hydrogen-bond donors (Lipinski definition) is 1. The van der Waals surface area contributed by atoms with Crippen molar-refractivity contribution in [3.8, 4) is 0 Å². The lowest BCUT2D eigenvalue weighted by molar-refractivity contribution is 0.600. The molecule has 3 rings (SSSR count). The summed E-state index contributed by atoms with van der Waals surface area (Å²) in [4.78, 5) is 17.0. The lowest BCUT2D eigenvalue weighted by atomic mass is 10.2. The zero-order valence-corrected chi connectivity index (χ0v) is 11.7. The van der Waals surface area contributed by atoms with Crippen molar-refractivity contribution >= 4 is 38.4 Å². The molecule has 102 valence electrons. The van der Waals surface area contributed by atoms with Crippen LogP contribution in [0.1, 0.15) is 6.42 Å². The number of rotatable bonds is 2. The van der Waals surface area contributed by atoms with Gasteiger partial charge in [-0.05, 0) is 18.0 Å². The van der Waals surface area contributed by atoms with Crippen LogP contribution in [0.25, 0.3) is 11.2 Å². The van der Waals surface area contributed by atoms with Crippen LogP contribution in [0, 0.1) is 0 Å². The minimum atomic E-state index is -2.94. The maximum atomic E-state index is 11.6. The van der Waals surface area contributed by atoms with E-state index in [2.05, 4.69) is 19.9 Å². The first kappa shape index (κ1) is 12.6. The van der Waals surface area contributed by atoms with Crippen molar-refractivity contribution in [1.82, 2.24) is 19.9 Å². The van der Waals surface area contributed by atoms with Gasteiger partial charge in [0, 0.05) is 13.1 Å². The topological polar surface area (TPSA) is 91.8 Å². The fourth-order valence-electron chi connectivity index (χ4n) is 2.30. The lowest BCUT2D eigenvalue weighted by Gasteiger charge is -2.24. The van der Waals surface area contributed by atoms with Gasteiger partial charge in [-0.3, -0.25) is 0 Å². The molecule has 1 unspecified atom stereocenters. The molecule has 0 amide bonds. The van der Waals surface area contributed by atoms with E-state index >= 15 is 0 Å². The number of aromatic nitrogens is 4. The molecular weight excluding hydrogens is 290 g/mol. The Morgan fingerprint density at radius 2 is 2.26 bits per heavy atom.